The lowest BCUT2D eigenvalue weighted by atomic mass is 10.2. The third-order valence-electron chi connectivity index (χ3n) is 2.90. The molecule has 7 heteroatoms. The molecule has 1 aromatic heterocycles. The van der Waals surface area contributed by atoms with Crippen LogP contribution in [-0.4, -0.2) is 29.4 Å². The fourth-order valence-corrected chi connectivity index (χ4v) is 1.76. The van der Waals surface area contributed by atoms with Gasteiger partial charge in [0, 0.05) is 19.7 Å². The van der Waals surface area contributed by atoms with Crippen LogP contribution in [0.25, 0.3) is 0 Å². The van der Waals surface area contributed by atoms with Gasteiger partial charge in [0.15, 0.2) is 0 Å². The maximum atomic E-state index is 12.0. The molecule has 7 nitrogen and oxygen atoms in total. The number of carbonyl (C=O) groups excluding carboxylic acids is 1. The monoisotopic (exact) mass is 280 g/mol. The summed E-state index contributed by atoms with van der Waals surface area (Å²) < 4.78 is 0. The van der Waals surface area contributed by atoms with Crippen molar-refractivity contribution >= 4 is 17.4 Å². The fourth-order valence-electron chi connectivity index (χ4n) is 1.76. The number of unbranched alkanes of at least 4 members (excludes halogenated alkanes) is 3. The minimum Gasteiger partial charge on any atom is -0.373 e. The first-order chi connectivity index (χ1) is 9.60. The first kappa shape index (κ1) is 15.9. The van der Waals surface area contributed by atoms with Crippen LogP contribution in [0.1, 0.15) is 43.0 Å². The predicted molar refractivity (Wildman–Crippen MR) is 76.9 cm³/mol. The summed E-state index contributed by atoms with van der Waals surface area (Å²) in [5.74, 6) is -0.0150. The van der Waals surface area contributed by atoms with Gasteiger partial charge in [-0.3, -0.25) is 14.9 Å². The standard InChI is InChI=1S/C13H20N4O3/c1-3-4-5-6-7-15-13(18)10-8-12(14-2)16-9-11(10)17(19)20/h8-9H,3-7H2,1-2H3,(H,14,16)(H,15,18). The van der Waals surface area contributed by atoms with Gasteiger partial charge >= 0.3 is 0 Å². The normalized spacial score (nSPS) is 10.1. The molecule has 0 aliphatic rings. The van der Waals surface area contributed by atoms with E-state index in [4.69, 9.17) is 0 Å². The van der Waals surface area contributed by atoms with Crippen molar-refractivity contribution in [3.05, 3.63) is 27.9 Å². The molecule has 0 fully saturated rings. The summed E-state index contributed by atoms with van der Waals surface area (Å²) in [4.78, 5) is 26.2. The third kappa shape index (κ3) is 4.49. The number of hydrogen-bond donors (Lipinski definition) is 2. The van der Waals surface area contributed by atoms with Crippen LogP contribution in [0.2, 0.25) is 0 Å². The molecule has 0 radical (unpaired) electrons. The smallest absolute Gasteiger partial charge is 0.300 e. The summed E-state index contributed by atoms with van der Waals surface area (Å²) in [5.41, 5.74) is -0.250. The van der Waals surface area contributed by atoms with Gasteiger partial charge in [-0.2, -0.15) is 0 Å². The molecule has 0 unspecified atom stereocenters. The van der Waals surface area contributed by atoms with Gasteiger partial charge in [-0.05, 0) is 6.42 Å². The van der Waals surface area contributed by atoms with Crippen molar-refractivity contribution in [2.45, 2.75) is 32.6 Å². The minimum absolute atomic E-state index is 0.0323. The summed E-state index contributed by atoms with van der Waals surface area (Å²) in [6.07, 6.45) is 5.25. The lowest BCUT2D eigenvalue weighted by molar-refractivity contribution is -0.385. The Morgan fingerprint density at radius 1 is 1.40 bits per heavy atom. The molecule has 0 aromatic carbocycles. The van der Waals surface area contributed by atoms with E-state index in [9.17, 15) is 14.9 Å². The van der Waals surface area contributed by atoms with Crippen LogP contribution < -0.4 is 10.6 Å². The lowest BCUT2D eigenvalue weighted by Crippen LogP contribution is -2.25. The van der Waals surface area contributed by atoms with E-state index in [2.05, 4.69) is 22.5 Å². The second-order valence-electron chi connectivity index (χ2n) is 4.41. The van der Waals surface area contributed by atoms with Crippen LogP contribution in [0.4, 0.5) is 11.5 Å². The Balaban J connectivity index is 2.72. The summed E-state index contributed by atoms with van der Waals surface area (Å²) in [7, 11) is 1.64. The topological polar surface area (TPSA) is 97.2 Å². The zero-order chi connectivity index (χ0) is 15.0. The Morgan fingerprint density at radius 3 is 2.75 bits per heavy atom. The van der Waals surface area contributed by atoms with E-state index in [1.54, 1.807) is 7.05 Å². The Morgan fingerprint density at radius 2 is 2.15 bits per heavy atom. The van der Waals surface area contributed by atoms with E-state index < -0.39 is 10.8 Å². The molecule has 2 N–H and O–H groups in total. The largest absolute Gasteiger partial charge is 0.373 e. The number of pyridine rings is 1. The van der Waals surface area contributed by atoms with E-state index in [1.165, 1.54) is 6.07 Å². The second-order valence-corrected chi connectivity index (χ2v) is 4.41. The van der Waals surface area contributed by atoms with Crippen LogP contribution in [-0.2, 0) is 0 Å². The van der Waals surface area contributed by atoms with Gasteiger partial charge in [-0.15, -0.1) is 0 Å². The Bertz CT molecular complexity index is 477. The molecule has 0 spiro atoms. The summed E-state index contributed by atoms with van der Waals surface area (Å²) in [5, 5.41) is 16.4. The van der Waals surface area contributed by atoms with Crippen LogP contribution >= 0.6 is 0 Å². The fraction of sp³-hybridized carbons (Fsp3) is 0.538. The number of amides is 1. The lowest BCUT2D eigenvalue weighted by Gasteiger charge is -2.07. The average Bonchev–Trinajstić information content (AvgIpc) is 2.46. The summed E-state index contributed by atoms with van der Waals surface area (Å²) in [6, 6.07) is 1.39. The highest BCUT2D eigenvalue weighted by Gasteiger charge is 2.21. The number of rotatable bonds is 8. The van der Waals surface area contributed by atoms with Crippen molar-refractivity contribution in [1.82, 2.24) is 10.3 Å². The van der Waals surface area contributed by atoms with Gasteiger partial charge in [-0.25, -0.2) is 4.98 Å². The number of anilines is 1. The van der Waals surface area contributed by atoms with Gasteiger partial charge < -0.3 is 10.6 Å². The van der Waals surface area contributed by atoms with Crippen molar-refractivity contribution < 1.29 is 9.72 Å². The second kappa shape index (κ2) is 8.08. The zero-order valence-corrected chi connectivity index (χ0v) is 11.8. The Kier molecular flexibility index (Phi) is 6.42. The molecule has 110 valence electrons. The molecular formula is C13H20N4O3. The highest BCUT2D eigenvalue weighted by molar-refractivity contribution is 5.98. The first-order valence-corrected chi connectivity index (χ1v) is 6.70. The molecule has 0 aliphatic heterocycles. The maximum absolute atomic E-state index is 12.0. The molecular weight excluding hydrogens is 260 g/mol. The summed E-state index contributed by atoms with van der Waals surface area (Å²) >= 11 is 0. The molecule has 0 bridgehead atoms. The average molecular weight is 280 g/mol. The van der Waals surface area contributed by atoms with Gasteiger partial charge in [0.1, 0.15) is 17.6 Å². The zero-order valence-electron chi connectivity index (χ0n) is 11.8. The van der Waals surface area contributed by atoms with Crippen molar-refractivity contribution in [3.63, 3.8) is 0 Å². The van der Waals surface area contributed by atoms with E-state index in [0.29, 0.717) is 12.4 Å². The van der Waals surface area contributed by atoms with E-state index in [-0.39, 0.29) is 11.3 Å². The summed E-state index contributed by atoms with van der Waals surface area (Å²) in [6.45, 7) is 2.63. The van der Waals surface area contributed by atoms with Crippen LogP contribution in [0.5, 0.6) is 0 Å². The molecule has 1 rings (SSSR count). The van der Waals surface area contributed by atoms with Crippen molar-refractivity contribution in [3.8, 4) is 0 Å². The maximum Gasteiger partial charge on any atom is 0.300 e. The van der Waals surface area contributed by atoms with E-state index in [0.717, 1.165) is 31.9 Å². The Hall–Kier alpha value is -2.18. The first-order valence-electron chi connectivity index (χ1n) is 6.70. The molecule has 0 aliphatic carbocycles. The highest BCUT2D eigenvalue weighted by atomic mass is 16.6. The van der Waals surface area contributed by atoms with Gasteiger partial charge in [0.05, 0.1) is 4.92 Å². The van der Waals surface area contributed by atoms with Crippen molar-refractivity contribution in [2.24, 2.45) is 0 Å². The number of nitrogens with zero attached hydrogens (tertiary/aromatic N) is 2. The molecule has 1 heterocycles. The van der Waals surface area contributed by atoms with Crippen molar-refractivity contribution in [1.29, 1.82) is 0 Å². The number of nitro groups is 1. The van der Waals surface area contributed by atoms with E-state index >= 15 is 0 Å². The number of hydrogen-bond acceptors (Lipinski definition) is 5. The third-order valence-corrected chi connectivity index (χ3v) is 2.90. The number of nitrogens with one attached hydrogen (secondary N) is 2. The molecule has 0 saturated carbocycles. The molecule has 20 heavy (non-hydrogen) atoms. The van der Waals surface area contributed by atoms with Gasteiger partial charge in [0.2, 0.25) is 0 Å². The van der Waals surface area contributed by atoms with Crippen LogP contribution in [0.3, 0.4) is 0 Å². The number of aromatic nitrogens is 1. The van der Waals surface area contributed by atoms with E-state index in [1.807, 2.05) is 0 Å². The quantitative estimate of drug-likeness (QED) is 0.433. The highest BCUT2D eigenvalue weighted by Crippen LogP contribution is 2.19. The van der Waals surface area contributed by atoms with Crippen molar-refractivity contribution in [2.75, 3.05) is 18.9 Å². The molecule has 1 amide bonds. The Labute approximate surface area is 117 Å². The SMILES string of the molecule is CCCCCCNC(=O)c1cc(NC)ncc1[N+](=O)[O-]. The van der Waals surface area contributed by atoms with Gasteiger partial charge in [-0.1, -0.05) is 26.2 Å². The molecule has 0 saturated heterocycles. The van der Waals surface area contributed by atoms with Gasteiger partial charge in [0.25, 0.3) is 11.6 Å². The minimum atomic E-state index is -0.599. The molecule has 1 aromatic rings. The number of carbonyl (C=O) groups is 1. The van der Waals surface area contributed by atoms with Crippen LogP contribution in [0.15, 0.2) is 12.3 Å². The van der Waals surface area contributed by atoms with Crippen LogP contribution in [0, 0.1) is 10.1 Å². The molecule has 0 atom stereocenters. The predicted octanol–water partition coefficient (Wildman–Crippen LogP) is 2.34.